The predicted octanol–water partition coefficient (Wildman–Crippen LogP) is 10.7. The highest BCUT2D eigenvalue weighted by molar-refractivity contribution is 5.67. The Morgan fingerprint density at radius 2 is 0.783 bits per heavy atom. The van der Waals surface area contributed by atoms with Crippen LogP contribution in [0.5, 0.6) is 17.2 Å². The van der Waals surface area contributed by atoms with Gasteiger partial charge in [0.25, 0.3) is 6.08 Å². The minimum Gasteiger partial charge on any atom is -0.447 e. The van der Waals surface area contributed by atoms with Crippen LogP contribution in [0.2, 0.25) is 0 Å². The summed E-state index contributed by atoms with van der Waals surface area (Å²) in [6, 6.07) is 16.8. The van der Waals surface area contributed by atoms with Gasteiger partial charge in [-0.05, 0) is 64.2 Å². The van der Waals surface area contributed by atoms with Crippen molar-refractivity contribution in [3.8, 4) is 39.5 Å². The zero-order valence-corrected chi connectivity index (χ0v) is 22.7. The van der Waals surface area contributed by atoms with Crippen LogP contribution in [0.4, 0.5) is 48.3 Å². The molecule has 5 rings (SSSR count). The first-order valence-corrected chi connectivity index (χ1v) is 12.9. The van der Waals surface area contributed by atoms with Crippen molar-refractivity contribution in [2.45, 2.75) is 23.6 Å². The van der Waals surface area contributed by atoms with E-state index in [1.54, 1.807) is 0 Å². The van der Waals surface area contributed by atoms with Gasteiger partial charge in [0.2, 0.25) is 0 Å². The van der Waals surface area contributed by atoms with Gasteiger partial charge in [-0.3, -0.25) is 0 Å². The van der Waals surface area contributed by atoms with E-state index in [1.165, 1.54) is 60.7 Å². The molecule has 240 valence electrons. The molecule has 0 N–H and O–H groups in total. The smallest absolute Gasteiger partial charge is 0.395 e. The molecule has 0 spiro atoms. The van der Waals surface area contributed by atoms with Crippen LogP contribution < -0.4 is 14.2 Å². The van der Waals surface area contributed by atoms with Gasteiger partial charge in [0.15, 0.2) is 0 Å². The minimum absolute atomic E-state index is 0.190. The van der Waals surface area contributed by atoms with E-state index in [0.717, 1.165) is 36.4 Å². The lowest BCUT2D eigenvalue weighted by atomic mass is 9.76. The lowest BCUT2D eigenvalue weighted by molar-refractivity contribution is -0.527. The van der Waals surface area contributed by atoms with Crippen molar-refractivity contribution in [3.63, 3.8) is 0 Å². The lowest BCUT2D eigenvalue weighted by Gasteiger charge is -2.55. The standard InChI is InChI=1S/C32H17F11O3/c33-26(34)17-18-1-3-19(4-2-18)21-7-13-24(14-8-21)45-31(42)29(38,39)30(40,41)32(31,43)46-25-15-9-22(10-16-25)20-5-11-23(12-6-20)44-28(37)27(35)36/h1-17H. The summed E-state index contributed by atoms with van der Waals surface area (Å²) in [6.07, 6.45) is -3.97. The Morgan fingerprint density at radius 3 is 1.11 bits per heavy atom. The maximum Gasteiger partial charge on any atom is 0.395 e. The van der Waals surface area contributed by atoms with Crippen molar-refractivity contribution in [1.29, 1.82) is 0 Å². The molecule has 3 nitrogen and oxygen atoms in total. The second-order valence-electron chi connectivity index (χ2n) is 9.81. The zero-order chi connectivity index (χ0) is 33.5. The van der Waals surface area contributed by atoms with Crippen molar-refractivity contribution in [3.05, 3.63) is 121 Å². The summed E-state index contributed by atoms with van der Waals surface area (Å²) >= 11 is 0. The third kappa shape index (κ3) is 5.52. The number of hydrogen-bond acceptors (Lipinski definition) is 3. The first-order chi connectivity index (χ1) is 21.6. The van der Waals surface area contributed by atoms with Crippen LogP contribution in [0.1, 0.15) is 5.56 Å². The quantitative estimate of drug-likeness (QED) is 0.132. The van der Waals surface area contributed by atoms with Crippen LogP contribution in [-0.4, -0.2) is 23.6 Å². The number of ether oxygens (including phenoxy) is 3. The van der Waals surface area contributed by atoms with E-state index >= 15 is 8.78 Å². The summed E-state index contributed by atoms with van der Waals surface area (Å²) in [5, 5.41) is 0. The summed E-state index contributed by atoms with van der Waals surface area (Å²) in [6.45, 7) is 0. The van der Waals surface area contributed by atoms with Gasteiger partial charge in [0.05, 0.1) is 0 Å². The summed E-state index contributed by atoms with van der Waals surface area (Å²) < 4.78 is 165. The van der Waals surface area contributed by atoms with Gasteiger partial charge in [0.1, 0.15) is 17.2 Å². The predicted molar refractivity (Wildman–Crippen MR) is 144 cm³/mol. The topological polar surface area (TPSA) is 27.7 Å². The number of halogens is 11. The molecule has 0 saturated heterocycles. The van der Waals surface area contributed by atoms with Gasteiger partial charge >= 0.3 is 35.6 Å². The van der Waals surface area contributed by atoms with E-state index in [1.807, 2.05) is 0 Å². The van der Waals surface area contributed by atoms with Crippen LogP contribution in [0.15, 0.2) is 115 Å². The largest absolute Gasteiger partial charge is 0.447 e. The van der Waals surface area contributed by atoms with Crippen LogP contribution in [0, 0.1) is 0 Å². The van der Waals surface area contributed by atoms with E-state index in [0.29, 0.717) is 28.3 Å². The normalized spacial score (nSPS) is 21.0. The molecule has 2 unspecified atom stereocenters. The highest BCUT2D eigenvalue weighted by Crippen LogP contribution is 2.68. The molecule has 0 aromatic heterocycles. The molecular formula is C32H17F11O3. The first-order valence-electron chi connectivity index (χ1n) is 12.9. The Kier molecular flexibility index (Phi) is 8.26. The van der Waals surface area contributed by atoms with Crippen molar-refractivity contribution < 1.29 is 62.5 Å². The molecule has 1 saturated carbocycles. The lowest BCUT2D eigenvalue weighted by Crippen LogP contribution is -2.89. The van der Waals surface area contributed by atoms with Crippen molar-refractivity contribution in [2.75, 3.05) is 0 Å². The molecule has 1 fully saturated rings. The van der Waals surface area contributed by atoms with Crippen molar-refractivity contribution >= 4 is 6.08 Å². The van der Waals surface area contributed by atoms with Crippen molar-refractivity contribution in [1.82, 2.24) is 0 Å². The summed E-state index contributed by atoms with van der Waals surface area (Å²) in [4.78, 5) is 0. The van der Waals surface area contributed by atoms with Crippen LogP contribution in [-0.2, 0) is 0 Å². The highest BCUT2D eigenvalue weighted by atomic mass is 19.3. The van der Waals surface area contributed by atoms with Crippen LogP contribution >= 0.6 is 0 Å². The molecule has 0 aliphatic heterocycles. The fourth-order valence-corrected chi connectivity index (χ4v) is 4.52. The number of benzene rings is 4. The Morgan fingerprint density at radius 1 is 0.457 bits per heavy atom. The fourth-order valence-electron chi connectivity index (χ4n) is 4.52. The monoisotopic (exact) mass is 658 g/mol. The van der Waals surface area contributed by atoms with Gasteiger partial charge in [-0.25, -0.2) is 0 Å². The molecule has 0 heterocycles. The molecule has 14 heteroatoms. The number of alkyl halides is 6. The molecule has 0 amide bonds. The third-order valence-corrected chi connectivity index (χ3v) is 6.90. The van der Waals surface area contributed by atoms with Crippen molar-refractivity contribution in [2.24, 2.45) is 0 Å². The number of hydrogen-bond donors (Lipinski definition) is 0. The molecule has 4 aromatic rings. The molecule has 2 atom stereocenters. The Bertz CT molecular complexity index is 1760. The maximum absolute atomic E-state index is 15.6. The SMILES string of the molecule is FC(F)=Cc1ccc(-c2ccc(OC3(F)C(F)(F)C(F)(F)C3(F)Oc3ccc(-c4ccc(OC(F)=C(F)F)cc4)cc3)cc2)cc1. The van der Waals surface area contributed by atoms with E-state index < -0.39 is 53.2 Å². The van der Waals surface area contributed by atoms with E-state index in [2.05, 4.69) is 14.2 Å². The third-order valence-electron chi connectivity index (χ3n) is 6.90. The van der Waals surface area contributed by atoms with E-state index in [-0.39, 0.29) is 11.3 Å². The zero-order valence-electron chi connectivity index (χ0n) is 22.7. The summed E-state index contributed by atoms with van der Waals surface area (Å²) in [5.41, 5.74) is 1.69. The Hall–Kier alpha value is -5.01. The molecular weight excluding hydrogens is 641 g/mol. The average Bonchev–Trinajstić information content (AvgIpc) is 3.01. The molecule has 1 aliphatic rings. The molecule has 46 heavy (non-hydrogen) atoms. The summed E-state index contributed by atoms with van der Waals surface area (Å²) in [5.74, 6) is -23.2. The van der Waals surface area contributed by atoms with Gasteiger partial charge in [-0.15, -0.1) is 0 Å². The molecule has 0 radical (unpaired) electrons. The maximum atomic E-state index is 15.6. The van der Waals surface area contributed by atoms with Gasteiger partial charge in [-0.1, -0.05) is 60.7 Å². The minimum atomic E-state index is -5.68. The highest BCUT2D eigenvalue weighted by Gasteiger charge is 3.03. The Balaban J connectivity index is 1.33. The average molecular weight is 658 g/mol. The first kappa shape index (κ1) is 32.4. The summed E-state index contributed by atoms with van der Waals surface area (Å²) in [7, 11) is 0. The molecule has 1 aliphatic carbocycles. The molecule has 0 bridgehead atoms. The van der Waals surface area contributed by atoms with Gasteiger partial charge in [-0.2, -0.15) is 48.3 Å². The van der Waals surface area contributed by atoms with Crippen LogP contribution in [0.3, 0.4) is 0 Å². The molecule has 4 aromatic carbocycles. The number of rotatable bonds is 9. The van der Waals surface area contributed by atoms with Gasteiger partial charge < -0.3 is 14.2 Å². The fraction of sp³-hybridized carbons (Fsp3) is 0.125. The van der Waals surface area contributed by atoms with Gasteiger partial charge in [0, 0.05) is 6.08 Å². The second-order valence-corrected chi connectivity index (χ2v) is 9.81. The van der Waals surface area contributed by atoms with E-state index in [9.17, 15) is 39.5 Å². The van der Waals surface area contributed by atoms with E-state index in [4.69, 9.17) is 0 Å². The Labute approximate surface area is 252 Å². The van der Waals surface area contributed by atoms with Crippen LogP contribution in [0.25, 0.3) is 28.3 Å². The second kappa shape index (κ2) is 11.7.